The molecule has 1 atom stereocenters. The minimum atomic E-state index is -4.07. The Kier molecular flexibility index (Phi) is 7.71. The smallest absolute Gasteiger partial charge is 0.283 e. The Morgan fingerprint density at radius 1 is 1.05 bits per heavy atom. The van der Waals surface area contributed by atoms with Crippen LogP contribution < -0.4 is 4.72 Å². The van der Waals surface area contributed by atoms with Crippen LogP contribution in [0.5, 0.6) is 0 Å². The first-order chi connectivity index (χ1) is 18.5. The first kappa shape index (κ1) is 27.6. The van der Waals surface area contributed by atoms with Gasteiger partial charge in [0.05, 0.1) is 19.6 Å². The minimum Gasteiger partial charge on any atom is -0.376 e. The van der Waals surface area contributed by atoms with Gasteiger partial charge in [0.1, 0.15) is 0 Å². The average Bonchev–Trinajstić information content (AvgIpc) is 3.35. The summed E-state index contributed by atoms with van der Waals surface area (Å²) in [4.78, 5) is 13.2. The van der Waals surface area contributed by atoms with Gasteiger partial charge in [-0.3, -0.25) is 9.48 Å². The van der Waals surface area contributed by atoms with Gasteiger partial charge in [0, 0.05) is 18.3 Å². The second-order valence-corrected chi connectivity index (χ2v) is 13.2. The van der Waals surface area contributed by atoms with Gasteiger partial charge in [0.2, 0.25) is 5.91 Å². The molecule has 0 fully saturated rings. The standard InChI is InChI=1S/C31H39N3O4S/c1-19(2)26-14-24(23-9-8-22-10-12-38-18-25(22)13-23)15-27(20(3)4)28(26)16-30(35)33-39(36,37)31-17-29-21(5)7-6-11-34(29)32-31/h8-9,13-15,17,19-21H,6-7,10-12,16,18H2,1-5H3,(H,33,35). The maximum absolute atomic E-state index is 13.2. The normalized spacial score (nSPS) is 17.3. The van der Waals surface area contributed by atoms with Gasteiger partial charge in [-0.15, -0.1) is 0 Å². The van der Waals surface area contributed by atoms with Crippen LogP contribution in [-0.4, -0.2) is 30.7 Å². The second-order valence-electron chi connectivity index (χ2n) is 11.6. The predicted molar refractivity (Wildman–Crippen MR) is 152 cm³/mol. The number of sulfonamides is 1. The lowest BCUT2D eigenvalue weighted by atomic mass is 9.83. The minimum absolute atomic E-state index is 0.0114. The molecule has 7 nitrogen and oxygen atoms in total. The molecule has 2 aliphatic heterocycles. The van der Waals surface area contributed by atoms with E-state index in [1.54, 1.807) is 10.7 Å². The number of rotatable bonds is 7. The van der Waals surface area contributed by atoms with Crippen molar-refractivity contribution >= 4 is 15.9 Å². The number of ether oxygens (including phenoxy) is 1. The van der Waals surface area contributed by atoms with E-state index >= 15 is 0 Å². The van der Waals surface area contributed by atoms with Crippen molar-refractivity contribution in [1.82, 2.24) is 14.5 Å². The number of carbonyl (C=O) groups is 1. The number of nitrogens with zero attached hydrogens (tertiary/aromatic N) is 2. The fourth-order valence-corrected chi connectivity index (χ4v) is 6.83. The van der Waals surface area contributed by atoms with Crippen molar-refractivity contribution in [3.05, 3.63) is 69.9 Å². The first-order valence-corrected chi connectivity index (χ1v) is 15.5. The van der Waals surface area contributed by atoms with Crippen LogP contribution in [0.2, 0.25) is 0 Å². The van der Waals surface area contributed by atoms with Crippen LogP contribution in [0.1, 0.15) is 98.7 Å². The Labute approximate surface area is 232 Å². The highest BCUT2D eigenvalue weighted by Crippen LogP contribution is 2.35. The van der Waals surface area contributed by atoms with Crippen molar-refractivity contribution < 1.29 is 17.9 Å². The van der Waals surface area contributed by atoms with Crippen LogP contribution in [0.25, 0.3) is 11.1 Å². The molecule has 1 N–H and O–H groups in total. The summed E-state index contributed by atoms with van der Waals surface area (Å²) in [6.07, 6.45) is 2.89. The molecule has 3 heterocycles. The molecule has 2 aromatic carbocycles. The van der Waals surface area contributed by atoms with E-state index in [2.05, 4.69) is 74.8 Å². The van der Waals surface area contributed by atoms with Gasteiger partial charge in [-0.1, -0.05) is 58.9 Å². The Bertz CT molecular complexity index is 1470. The zero-order chi connectivity index (χ0) is 27.9. The highest BCUT2D eigenvalue weighted by atomic mass is 32.2. The van der Waals surface area contributed by atoms with Gasteiger partial charge in [0.15, 0.2) is 5.03 Å². The average molecular weight is 550 g/mol. The highest BCUT2D eigenvalue weighted by Gasteiger charge is 2.28. The summed E-state index contributed by atoms with van der Waals surface area (Å²) in [5, 5.41) is 4.22. The van der Waals surface area contributed by atoms with Crippen molar-refractivity contribution in [3.8, 4) is 11.1 Å². The fraction of sp³-hybridized carbons (Fsp3) is 0.484. The molecule has 1 amide bonds. The van der Waals surface area contributed by atoms with E-state index in [1.165, 1.54) is 11.1 Å². The van der Waals surface area contributed by atoms with Gasteiger partial charge in [-0.2, -0.15) is 13.5 Å². The van der Waals surface area contributed by atoms with E-state index in [-0.39, 0.29) is 29.2 Å². The molecule has 0 spiro atoms. The maximum Gasteiger partial charge on any atom is 0.283 e. The monoisotopic (exact) mass is 549 g/mol. The van der Waals surface area contributed by atoms with Crippen LogP contribution in [0, 0.1) is 0 Å². The third-order valence-electron chi connectivity index (χ3n) is 8.04. The maximum atomic E-state index is 13.2. The lowest BCUT2D eigenvalue weighted by molar-refractivity contribution is -0.118. The SMILES string of the molecule is CC(C)c1cc(-c2ccc3c(c2)COCC3)cc(C(C)C)c1CC(=O)NS(=O)(=O)c1cc2n(n1)CCCC2C. The van der Waals surface area contributed by atoms with Crippen molar-refractivity contribution in [3.63, 3.8) is 0 Å². The molecule has 8 heteroatoms. The second kappa shape index (κ2) is 10.9. The van der Waals surface area contributed by atoms with E-state index in [0.29, 0.717) is 13.2 Å². The van der Waals surface area contributed by atoms with Gasteiger partial charge in [-0.05, 0) is 82.0 Å². The molecule has 2 aliphatic rings. The Morgan fingerprint density at radius 2 is 1.77 bits per heavy atom. The molecular formula is C31H39N3O4S. The number of aromatic nitrogens is 2. The Hall–Kier alpha value is -2.97. The first-order valence-electron chi connectivity index (χ1n) is 14.0. The van der Waals surface area contributed by atoms with Gasteiger partial charge in [0.25, 0.3) is 10.0 Å². The molecule has 1 unspecified atom stereocenters. The van der Waals surface area contributed by atoms with Crippen molar-refractivity contribution in [2.45, 2.75) is 96.2 Å². The zero-order valence-electron chi connectivity index (χ0n) is 23.6. The van der Waals surface area contributed by atoms with Crippen molar-refractivity contribution in [2.24, 2.45) is 0 Å². The Morgan fingerprint density at radius 3 is 2.44 bits per heavy atom. The van der Waals surface area contributed by atoms with Gasteiger partial charge >= 0.3 is 0 Å². The molecule has 0 aliphatic carbocycles. The van der Waals surface area contributed by atoms with Crippen molar-refractivity contribution in [2.75, 3.05) is 6.61 Å². The summed E-state index contributed by atoms with van der Waals surface area (Å²) in [5.74, 6) is 0.0131. The highest BCUT2D eigenvalue weighted by molar-refractivity contribution is 7.90. The predicted octanol–water partition coefficient (Wildman–Crippen LogP) is 5.81. The number of carbonyl (C=O) groups excluding carboxylic acids is 1. The number of benzene rings is 2. The Balaban J connectivity index is 1.45. The number of hydrogen-bond donors (Lipinski definition) is 1. The van der Waals surface area contributed by atoms with E-state index in [0.717, 1.165) is 59.4 Å². The summed E-state index contributed by atoms with van der Waals surface area (Å²) < 4.78 is 36.0. The summed E-state index contributed by atoms with van der Waals surface area (Å²) in [5.41, 5.74) is 8.71. The summed E-state index contributed by atoms with van der Waals surface area (Å²) in [6, 6.07) is 12.5. The summed E-state index contributed by atoms with van der Waals surface area (Å²) in [6.45, 7) is 12.6. The van der Waals surface area contributed by atoms with Gasteiger partial charge in [-0.25, -0.2) is 4.72 Å². The molecule has 0 radical (unpaired) electrons. The molecule has 208 valence electrons. The molecule has 1 aromatic heterocycles. The van der Waals surface area contributed by atoms with Crippen LogP contribution in [0.4, 0.5) is 0 Å². The topological polar surface area (TPSA) is 90.3 Å². The largest absolute Gasteiger partial charge is 0.376 e. The number of fused-ring (bicyclic) bond motifs is 2. The molecular weight excluding hydrogens is 510 g/mol. The van der Waals surface area contributed by atoms with E-state index in [9.17, 15) is 13.2 Å². The number of aryl methyl sites for hydroxylation is 1. The lowest BCUT2D eigenvalue weighted by Crippen LogP contribution is -2.32. The van der Waals surface area contributed by atoms with E-state index in [4.69, 9.17) is 4.74 Å². The molecule has 0 bridgehead atoms. The quantitative estimate of drug-likeness (QED) is 0.401. The van der Waals surface area contributed by atoms with E-state index < -0.39 is 15.9 Å². The van der Waals surface area contributed by atoms with E-state index in [1.807, 2.05) is 0 Å². The molecule has 5 rings (SSSR count). The lowest BCUT2D eigenvalue weighted by Gasteiger charge is -2.23. The summed E-state index contributed by atoms with van der Waals surface area (Å²) in [7, 11) is -4.07. The number of hydrogen-bond acceptors (Lipinski definition) is 5. The third kappa shape index (κ3) is 5.68. The van der Waals surface area contributed by atoms with Gasteiger partial charge < -0.3 is 4.74 Å². The molecule has 39 heavy (non-hydrogen) atoms. The summed E-state index contributed by atoms with van der Waals surface area (Å²) >= 11 is 0. The molecule has 0 saturated carbocycles. The van der Waals surface area contributed by atoms with Crippen LogP contribution >= 0.6 is 0 Å². The van der Waals surface area contributed by atoms with Crippen LogP contribution in [-0.2, 0) is 45.5 Å². The fourth-order valence-electron chi connectivity index (χ4n) is 5.87. The number of nitrogens with one attached hydrogen (secondary N) is 1. The number of amides is 1. The van der Waals surface area contributed by atoms with Crippen LogP contribution in [0.15, 0.2) is 41.4 Å². The molecule has 0 saturated heterocycles. The van der Waals surface area contributed by atoms with Crippen LogP contribution in [0.3, 0.4) is 0 Å². The van der Waals surface area contributed by atoms with Crippen molar-refractivity contribution in [1.29, 1.82) is 0 Å². The third-order valence-corrected chi connectivity index (χ3v) is 9.28. The zero-order valence-corrected chi connectivity index (χ0v) is 24.4. The molecule has 3 aromatic rings.